The summed E-state index contributed by atoms with van der Waals surface area (Å²) in [4.78, 5) is 0. The van der Waals surface area contributed by atoms with Gasteiger partial charge in [0.25, 0.3) is 0 Å². The maximum absolute atomic E-state index is 5.90. The molecule has 1 aliphatic rings. The molecule has 0 amide bonds. The molecule has 0 aromatic heterocycles. The van der Waals surface area contributed by atoms with E-state index in [-0.39, 0.29) is 25.2 Å². The van der Waals surface area contributed by atoms with Gasteiger partial charge in [0, 0.05) is 13.2 Å². The minimum Gasteiger partial charge on any atom is -0.353 e. The van der Waals surface area contributed by atoms with Crippen molar-refractivity contribution in [1.29, 1.82) is 0 Å². The number of hydrogen-bond acceptors (Lipinski definition) is 2. The molecule has 1 atom stereocenters. The first-order valence-corrected chi connectivity index (χ1v) is 10.3. The number of hydrogen-bond donors (Lipinski definition) is 0. The Kier molecular flexibility index (Phi) is 8.87. The number of benzene rings is 2. The first-order valence-electron chi connectivity index (χ1n) is 8.63. The van der Waals surface area contributed by atoms with Crippen molar-refractivity contribution in [3.63, 3.8) is 0 Å². The fourth-order valence-electron chi connectivity index (χ4n) is 3.04. The van der Waals surface area contributed by atoms with Crippen molar-refractivity contribution in [2.45, 2.75) is 38.0 Å². The fraction of sp³-hybridized carbons (Fsp3) is 0.400. The molecule has 0 aliphatic carbocycles. The second-order valence-electron chi connectivity index (χ2n) is 5.98. The van der Waals surface area contributed by atoms with E-state index in [4.69, 9.17) is 9.47 Å². The fourth-order valence-corrected chi connectivity index (χ4v) is 5.64. The van der Waals surface area contributed by atoms with Crippen molar-refractivity contribution in [1.82, 2.24) is 0 Å². The predicted molar refractivity (Wildman–Crippen MR) is 96.9 cm³/mol. The molecule has 122 valence electrons. The van der Waals surface area contributed by atoms with Crippen molar-refractivity contribution in [2.75, 3.05) is 13.2 Å². The van der Waals surface area contributed by atoms with Gasteiger partial charge in [0.2, 0.25) is 0 Å². The molecule has 0 N–H and O–H groups in total. The van der Waals surface area contributed by atoms with Crippen LogP contribution >= 0.6 is 0 Å². The quantitative estimate of drug-likeness (QED) is 0.534. The molecule has 2 nitrogen and oxygen atoms in total. The summed E-state index contributed by atoms with van der Waals surface area (Å²) < 4.78 is 11.5. The molecule has 0 bridgehead atoms. The van der Waals surface area contributed by atoms with E-state index in [0.717, 1.165) is 26.1 Å². The molecule has 1 heterocycles. The van der Waals surface area contributed by atoms with Crippen LogP contribution in [0.2, 0.25) is 6.04 Å². The summed E-state index contributed by atoms with van der Waals surface area (Å²) in [7, 11) is -0.723. The van der Waals surface area contributed by atoms with Gasteiger partial charge in [-0.25, -0.2) is 0 Å². The van der Waals surface area contributed by atoms with Crippen molar-refractivity contribution < 1.29 is 28.3 Å². The summed E-state index contributed by atoms with van der Waals surface area (Å²) in [6, 6.07) is 23.1. The van der Waals surface area contributed by atoms with Gasteiger partial charge in [-0.2, -0.15) is 16.4 Å². The Bertz CT molecular complexity index is 519. The number of ether oxygens (including phenoxy) is 2. The molecule has 1 unspecified atom stereocenters. The third kappa shape index (κ3) is 5.91. The molecular formula is C20H25LiO2Si. The normalized spacial score (nSPS) is 17.1. The van der Waals surface area contributed by atoms with Crippen LogP contribution in [0, 0.1) is 0 Å². The largest absolute Gasteiger partial charge is 1.00 e. The summed E-state index contributed by atoms with van der Waals surface area (Å²) in [5, 5.41) is 2.97. The predicted octanol–water partition coefficient (Wildman–Crippen LogP) is 0.233. The third-order valence-electron chi connectivity index (χ3n) is 4.26. The second kappa shape index (κ2) is 10.9. The van der Waals surface area contributed by atoms with Gasteiger partial charge in [0.05, 0.1) is 0 Å². The molecule has 1 aliphatic heterocycles. The minimum absolute atomic E-state index is 0. The van der Waals surface area contributed by atoms with Gasteiger partial charge < -0.3 is 9.47 Å². The second-order valence-corrected chi connectivity index (χ2v) is 8.59. The van der Waals surface area contributed by atoms with Crippen LogP contribution < -0.4 is 29.2 Å². The van der Waals surface area contributed by atoms with E-state index in [1.165, 1.54) is 29.3 Å². The summed E-state index contributed by atoms with van der Waals surface area (Å²) in [5.41, 5.74) is 0. The Morgan fingerprint density at radius 2 is 1.54 bits per heavy atom. The van der Waals surface area contributed by atoms with E-state index in [1.54, 1.807) is 0 Å². The van der Waals surface area contributed by atoms with Crippen molar-refractivity contribution >= 4 is 19.2 Å². The van der Waals surface area contributed by atoms with Gasteiger partial charge in [-0.1, -0.05) is 67.1 Å². The summed E-state index contributed by atoms with van der Waals surface area (Å²) in [5.74, 6) is 0. The minimum atomic E-state index is -0.723. The average Bonchev–Trinajstić information content (AvgIpc) is 2.64. The van der Waals surface area contributed by atoms with Crippen LogP contribution in [-0.4, -0.2) is 28.3 Å². The Balaban J connectivity index is 0.00000208. The van der Waals surface area contributed by atoms with Gasteiger partial charge in [-0.05, 0) is 19.3 Å². The maximum atomic E-state index is 5.90. The molecule has 0 saturated carbocycles. The average molecular weight is 332 g/mol. The summed E-state index contributed by atoms with van der Waals surface area (Å²) >= 11 is 0. The topological polar surface area (TPSA) is 18.5 Å². The molecule has 4 heteroatoms. The van der Waals surface area contributed by atoms with Crippen LogP contribution in [0.15, 0.2) is 60.7 Å². The van der Waals surface area contributed by atoms with E-state index < -0.39 is 8.80 Å². The summed E-state index contributed by atoms with van der Waals surface area (Å²) in [6.07, 6.45) is 4.59. The van der Waals surface area contributed by atoms with Crippen LogP contribution in [-0.2, 0) is 9.47 Å². The monoisotopic (exact) mass is 332 g/mol. The maximum Gasteiger partial charge on any atom is 1.00 e. The molecule has 0 radical (unpaired) electrons. The molecule has 0 spiro atoms. The zero-order valence-corrected chi connectivity index (χ0v) is 15.6. The van der Waals surface area contributed by atoms with Gasteiger partial charge >= 0.3 is 18.9 Å². The molecular weight excluding hydrogens is 307 g/mol. The van der Waals surface area contributed by atoms with Gasteiger partial charge in [-0.15, -0.1) is 0 Å². The summed E-state index contributed by atoms with van der Waals surface area (Å²) in [6.45, 7) is 1.66. The molecule has 24 heavy (non-hydrogen) atoms. The smallest absolute Gasteiger partial charge is 0.353 e. The van der Waals surface area contributed by atoms with Gasteiger partial charge in [0.1, 0.15) is 0 Å². The molecule has 2 aromatic rings. The van der Waals surface area contributed by atoms with Crippen molar-refractivity contribution in [2.24, 2.45) is 0 Å². The van der Waals surface area contributed by atoms with Crippen LogP contribution in [0.4, 0.5) is 0 Å². The first kappa shape index (κ1) is 19.5. The van der Waals surface area contributed by atoms with Crippen molar-refractivity contribution in [3.8, 4) is 0 Å². The van der Waals surface area contributed by atoms with Crippen LogP contribution in [0.25, 0.3) is 0 Å². The Morgan fingerprint density at radius 3 is 2.08 bits per heavy atom. The van der Waals surface area contributed by atoms with E-state index >= 15 is 0 Å². The Hall–Kier alpha value is -0.826. The zero-order chi connectivity index (χ0) is 15.7. The van der Waals surface area contributed by atoms with Gasteiger partial charge in [-0.3, -0.25) is 8.80 Å². The van der Waals surface area contributed by atoms with Crippen molar-refractivity contribution in [3.05, 3.63) is 60.7 Å². The van der Waals surface area contributed by atoms with E-state index in [0.29, 0.717) is 0 Å². The van der Waals surface area contributed by atoms with E-state index in [1.807, 2.05) is 0 Å². The third-order valence-corrected chi connectivity index (χ3v) is 7.17. The van der Waals surface area contributed by atoms with Crippen LogP contribution in [0.3, 0.4) is 0 Å². The Labute approximate surface area is 159 Å². The standard InChI is InChI=1S/C20H25O2Si.Li/c1-3-10-18(11-4-1)23(19-12-5-2-6-13-19)17-9-16-22-20-14-7-8-15-21-20;/h1-6,10-13,20H,7-9,14-17H2;/q-1;+1. The Morgan fingerprint density at radius 1 is 0.917 bits per heavy atom. The van der Waals surface area contributed by atoms with Crippen LogP contribution in [0.1, 0.15) is 25.7 Å². The van der Waals surface area contributed by atoms with Crippen LogP contribution in [0.5, 0.6) is 0 Å². The molecule has 3 rings (SSSR count). The van der Waals surface area contributed by atoms with Gasteiger partial charge in [0.15, 0.2) is 6.29 Å². The number of rotatable bonds is 7. The zero-order valence-electron chi connectivity index (χ0n) is 14.6. The van der Waals surface area contributed by atoms with E-state index in [9.17, 15) is 0 Å². The first-order chi connectivity index (χ1) is 11.4. The van der Waals surface area contributed by atoms with E-state index in [2.05, 4.69) is 60.7 Å². The molecule has 1 fully saturated rings. The SMILES string of the molecule is [Li+].c1ccc([Si-](CCCOC2CCCCO2)c2ccccc2)cc1. The molecule has 1 saturated heterocycles. The molecule has 2 aromatic carbocycles.